The molecule has 0 saturated heterocycles. The fourth-order valence-corrected chi connectivity index (χ4v) is 1.84. The highest BCUT2D eigenvalue weighted by atomic mass is 16.4. The zero-order chi connectivity index (χ0) is 12.7. The van der Waals surface area contributed by atoms with Crippen LogP contribution in [0, 0.1) is 5.92 Å². The van der Waals surface area contributed by atoms with Gasteiger partial charge in [0, 0.05) is 6.20 Å². The summed E-state index contributed by atoms with van der Waals surface area (Å²) in [6.45, 7) is 4.00. The standard InChI is InChI=1S/C12H13NO2.C2H6/c14-12(15)10-6-4-9(5-7-10)11-3-1-2-8-13-11;1-2/h1-4,8,10H,5-7H2,(H,14,15);1-2H3. The number of hydrogen-bond donors (Lipinski definition) is 1. The fourth-order valence-electron chi connectivity index (χ4n) is 1.84. The Morgan fingerprint density at radius 2 is 2.18 bits per heavy atom. The van der Waals surface area contributed by atoms with E-state index in [1.807, 2.05) is 38.1 Å². The fraction of sp³-hybridized carbons (Fsp3) is 0.429. The molecule has 0 bridgehead atoms. The van der Waals surface area contributed by atoms with Gasteiger partial charge in [-0.1, -0.05) is 26.0 Å². The largest absolute Gasteiger partial charge is 0.481 e. The van der Waals surface area contributed by atoms with Crippen molar-refractivity contribution in [1.82, 2.24) is 4.98 Å². The van der Waals surface area contributed by atoms with Crippen LogP contribution in [0.15, 0.2) is 30.5 Å². The quantitative estimate of drug-likeness (QED) is 0.852. The van der Waals surface area contributed by atoms with Gasteiger partial charge in [-0.3, -0.25) is 9.78 Å². The van der Waals surface area contributed by atoms with Crippen molar-refractivity contribution in [2.45, 2.75) is 33.1 Å². The van der Waals surface area contributed by atoms with Crippen LogP contribution < -0.4 is 0 Å². The molecule has 1 aliphatic rings. The summed E-state index contributed by atoms with van der Waals surface area (Å²) in [4.78, 5) is 15.0. The van der Waals surface area contributed by atoms with Gasteiger partial charge in [0.25, 0.3) is 0 Å². The Balaban J connectivity index is 0.000000686. The van der Waals surface area contributed by atoms with Crippen molar-refractivity contribution < 1.29 is 9.90 Å². The molecule has 1 heterocycles. The Morgan fingerprint density at radius 3 is 2.65 bits per heavy atom. The number of nitrogens with zero attached hydrogens (tertiary/aromatic N) is 1. The van der Waals surface area contributed by atoms with Crippen LogP contribution in [0.25, 0.3) is 5.57 Å². The highest BCUT2D eigenvalue weighted by molar-refractivity contribution is 5.73. The number of hydrogen-bond acceptors (Lipinski definition) is 2. The molecule has 17 heavy (non-hydrogen) atoms. The van der Waals surface area contributed by atoms with Crippen molar-refractivity contribution in [3.63, 3.8) is 0 Å². The van der Waals surface area contributed by atoms with Gasteiger partial charge < -0.3 is 5.11 Å². The number of allylic oxidation sites excluding steroid dienone is 2. The van der Waals surface area contributed by atoms with E-state index >= 15 is 0 Å². The first-order valence-electron chi connectivity index (χ1n) is 6.10. The molecule has 3 nitrogen and oxygen atoms in total. The summed E-state index contributed by atoms with van der Waals surface area (Å²) in [5, 5.41) is 8.85. The number of rotatable bonds is 2. The minimum Gasteiger partial charge on any atom is -0.481 e. The SMILES string of the molecule is CC.O=C(O)C1CC=C(c2ccccn2)CC1. The maximum Gasteiger partial charge on any atom is 0.306 e. The van der Waals surface area contributed by atoms with Crippen LogP contribution in [0.1, 0.15) is 38.8 Å². The smallest absolute Gasteiger partial charge is 0.306 e. The average Bonchev–Trinajstić information content (AvgIpc) is 2.42. The van der Waals surface area contributed by atoms with E-state index in [4.69, 9.17) is 5.11 Å². The molecule has 92 valence electrons. The summed E-state index contributed by atoms with van der Waals surface area (Å²) < 4.78 is 0. The van der Waals surface area contributed by atoms with E-state index < -0.39 is 5.97 Å². The number of carboxylic acid groups (broad SMARTS) is 1. The molecule has 0 fully saturated rings. The zero-order valence-corrected chi connectivity index (χ0v) is 10.4. The molecule has 1 unspecified atom stereocenters. The second kappa shape index (κ2) is 6.84. The van der Waals surface area contributed by atoms with Crippen LogP contribution >= 0.6 is 0 Å². The van der Waals surface area contributed by atoms with Crippen LogP contribution in [0.2, 0.25) is 0 Å². The second-order valence-corrected chi connectivity index (χ2v) is 3.75. The van der Waals surface area contributed by atoms with Gasteiger partial charge in [-0.05, 0) is 37.0 Å². The number of carbonyl (C=O) groups is 1. The van der Waals surface area contributed by atoms with Crippen molar-refractivity contribution >= 4 is 11.5 Å². The van der Waals surface area contributed by atoms with Crippen molar-refractivity contribution in [2.75, 3.05) is 0 Å². The van der Waals surface area contributed by atoms with Crippen molar-refractivity contribution in [3.8, 4) is 0 Å². The maximum absolute atomic E-state index is 10.8. The molecule has 0 amide bonds. The molecular formula is C14H19NO2. The Morgan fingerprint density at radius 1 is 1.41 bits per heavy atom. The predicted molar refractivity (Wildman–Crippen MR) is 68.5 cm³/mol. The van der Waals surface area contributed by atoms with Gasteiger partial charge in [0.2, 0.25) is 0 Å². The van der Waals surface area contributed by atoms with Gasteiger partial charge >= 0.3 is 5.97 Å². The number of aliphatic carboxylic acids is 1. The van der Waals surface area contributed by atoms with E-state index in [0.717, 1.165) is 18.5 Å². The van der Waals surface area contributed by atoms with Crippen LogP contribution in [-0.4, -0.2) is 16.1 Å². The summed E-state index contributed by atoms with van der Waals surface area (Å²) in [5.74, 6) is -0.899. The third-order valence-electron chi connectivity index (χ3n) is 2.75. The van der Waals surface area contributed by atoms with Crippen molar-refractivity contribution in [1.29, 1.82) is 0 Å². The summed E-state index contributed by atoms with van der Waals surface area (Å²) in [6.07, 6.45) is 5.93. The molecule has 1 atom stereocenters. The normalized spacial score (nSPS) is 18.7. The lowest BCUT2D eigenvalue weighted by Crippen LogP contribution is -2.15. The van der Waals surface area contributed by atoms with Crippen LogP contribution in [0.3, 0.4) is 0 Å². The van der Waals surface area contributed by atoms with E-state index in [2.05, 4.69) is 4.98 Å². The Labute approximate surface area is 102 Å². The molecule has 2 rings (SSSR count). The summed E-state index contributed by atoms with van der Waals surface area (Å²) >= 11 is 0. The van der Waals surface area contributed by atoms with E-state index in [-0.39, 0.29) is 5.92 Å². The van der Waals surface area contributed by atoms with E-state index in [1.165, 1.54) is 5.57 Å². The van der Waals surface area contributed by atoms with E-state index in [9.17, 15) is 4.79 Å². The minimum absolute atomic E-state index is 0.211. The summed E-state index contributed by atoms with van der Waals surface area (Å²) in [6, 6.07) is 5.80. The highest BCUT2D eigenvalue weighted by Gasteiger charge is 2.21. The predicted octanol–water partition coefficient (Wildman–Crippen LogP) is 3.38. The van der Waals surface area contributed by atoms with Crippen molar-refractivity contribution in [3.05, 3.63) is 36.2 Å². The Hall–Kier alpha value is -1.64. The molecule has 0 aromatic carbocycles. The van der Waals surface area contributed by atoms with Gasteiger partial charge in [-0.2, -0.15) is 0 Å². The van der Waals surface area contributed by atoms with Gasteiger partial charge in [-0.15, -0.1) is 0 Å². The average molecular weight is 233 g/mol. The third-order valence-corrected chi connectivity index (χ3v) is 2.75. The topological polar surface area (TPSA) is 50.2 Å². The lowest BCUT2D eigenvalue weighted by molar-refractivity contribution is -0.141. The first kappa shape index (κ1) is 13.4. The van der Waals surface area contributed by atoms with Gasteiger partial charge in [0.05, 0.1) is 11.6 Å². The monoisotopic (exact) mass is 233 g/mol. The molecule has 0 saturated carbocycles. The first-order valence-corrected chi connectivity index (χ1v) is 6.10. The second-order valence-electron chi connectivity index (χ2n) is 3.75. The number of pyridine rings is 1. The zero-order valence-electron chi connectivity index (χ0n) is 10.4. The first-order chi connectivity index (χ1) is 8.27. The van der Waals surface area contributed by atoms with Gasteiger partial charge in [0.15, 0.2) is 0 Å². The summed E-state index contributed by atoms with van der Waals surface area (Å²) in [5.41, 5.74) is 2.15. The molecular weight excluding hydrogens is 214 g/mol. The van der Waals surface area contributed by atoms with Crippen LogP contribution in [0.5, 0.6) is 0 Å². The summed E-state index contributed by atoms with van der Waals surface area (Å²) in [7, 11) is 0. The molecule has 1 aromatic heterocycles. The number of aromatic nitrogens is 1. The Kier molecular flexibility index (Phi) is 5.40. The van der Waals surface area contributed by atoms with E-state index in [0.29, 0.717) is 6.42 Å². The third kappa shape index (κ3) is 3.70. The highest BCUT2D eigenvalue weighted by Crippen LogP contribution is 2.28. The molecule has 1 N–H and O–H groups in total. The van der Waals surface area contributed by atoms with Gasteiger partial charge in [-0.25, -0.2) is 0 Å². The van der Waals surface area contributed by atoms with E-state index in [1.54, 1.807) is 6.20 Å². The molecule has 0 spiro atoms. The lowest BCUT2D eigenvalue weighted by Gasteiger charge is -2.17. The molecule has 0 aliphatic heterocycles. The maximum atomic E-state index is 10.8. The van der Waals surface area contributed by atoms with Gasteiger partial charge in [0.1, 0.15) is 0 Å². The van der Waals surface area contributed by atoms with Crippen LogP contribution in [0.4, 0.5) is 0 Å². The minimum atomic E-state index is -0.689. The Bertz CT molecular complexity index is 384. The molecule has 1 aliphatic carbocycles. The lowest BCUT2D eigenvalue weighted by atomic mass is 9.88. The molecule has 1 aromatic rings. The van der Waals surface area contributed by atoms with Crippen molar-refractivity contribution in [2.24, 2.45) is 5.92 Å². The molecule has 0 radical (unpaired) electrons. The van der Waals surface area contributed by atoms with Crippen LogP contribution in [-0.2, 0) is 4.79 Å². The molecule has 3 heteroatoms. The number of carboxylic acids is 1.